The third kappa shape index (κ3) is 6.37. The number of esters is 1. The van der Waals surface area contributed by atoms with Gasteiger partial charge in [0.25, 0.3) is 11.8 Å². The van der Waals surface area contributed by atoms with Crippen molar-refractivity contribution in [3.63, 3.8) is 0 Å². The summed E-state index contributed by atoms with van der Waals surface area (Å²) in [4.78, 5) is 36.0. The first kappa shape index (κ1) is 23.9. The summed E-state index contributed by atoms with van der Waals surface area (Å²) < 4.78 is 37.1. The average molecular weight is 471 g/mol. The van der Waals surface area contributed by atoms with Crippen LogP contribution in [-0.2, 0) is 24.3 Å². The second-order valence-corrected chi connectivity index (χ2v) is 8.66. The van der Waals surface area contributed by atoms with Crippen molar-refractivity contribution in [1.29, 1.82) is 0 Å². The number of sulfonamides is 1. The summed E-state index contributed by atoms with van der Waals surface area (Å²) in [7, 11) is -2.43. The van der Waals surface area contributed by atoms with E-state index in [2.05, 4.69) is 10.0 Å². The summed E-state index contributed by atoms with van der Waals surface area (Å²) in [6, 6.07) is 18.4. The van der Waals surface area contributed by atoms with Gasteiger partial charge in [-0.25, -0.2) is 13.1 Å². The lowest BCUT2D eigenvalue weighted by molar-refractivity contribution is -0.148. The van der Waals surface area contributed by atoms with Crippen LogP contribution in [0.15, 0.2) is 71.6 Å². The number of amides is 2. The minimum atomic E-state index is -3.83. The third-order valence-electron chi connectivity index (χ3n) is 4.62. The van der Waals surface area contributed by atoms with Crippen LogP contribution < -0.4 is 14.8 Å². The summed E-state index contributed by atoms with van der Waals surface area (Å²) >= 11 is 0. The van der Waals surface area contributed by atoms with Crippen LogP contribution in [0.25, 0.3) is 10.8 Å². The monoisotopic (exact) mass is 470 g/mol. The maximum atomic E-state index is 12.5. The van der Waals surface area contributed by atoms with Crippen molar-refractivity contribution in [2.45, 2.75) is 11.3 Å². The molecule has 0 unspecified atom stereocenters. The van der Waals surface area contributed by atoms with E-state index in [1.165, 1.54) is 19.2 Å². The molecule has 2 N–H and O–H groups in total. The fourth-order valence-electron chi connectivity index (χ4n) is 2.99. The smallest absolute Gasteiger partial charge is 0.307 e. The van der Waals surface area contributed by atoms with Gasteiger partial charge < -0.3 is 9.47 Å². The predicted octanol–water partition coefficient (Wildman–Crippen LogP) is 2.02. The van der Waals surface area contributed by atoms with Crippen molar-refractivity contribution in [2.24, 2.45) is 0 Å². The molecule has 33 heavy (non-hydrogen) atoms. The number of rotatable bonds is 9. The first-order chi connectivity index (χ1) is 15.8. The Bertz CT molecular complexity index is 1290. The Hall–Kier alpha value is -3.76. The molecule has 0 saturated heterocycles. The van der Waals surface area contributed by atoms with E-state index >= 15 is 0 Å². The number of fused-ring (bicyclic) bond motifs is 1. The molecule has 0 bridgehead atoms. The quantitative estimate of drug-likeness (QED) is 0.458. The fourth-order valence-corrected chi connectivity index (χ4v) is 4.05. The van der Waals surface area contributed by atoms with Gasteiger partial charge in [-0.2, -0.15) is 0 Å². The fraction of sp³-hybridized carbons (Fsp3) is 0.174. The largest absolute Gasteiger partial charge is 0.496 e. The van der Waals surface area contributed by atoms with Gasteiger partial charge in [-0.1, -0.05) is 42.5 Å². The highest BCUT2D eigenvalue weighted by Gasteiger charge is 2.17. The Morgan fingerprint density at radius 1 is 0.909 bits per heavy atom. The Labute approximate surface area is 190 Å². The minimum Gasteiger partial charge on any atom is -0.496 e. The van der Waals surface area contributed by atoms with Gasteiger partial charge in [0.15, 0.2) is 6.61 Å². The summed E-state index contributed by atoms with van der Waals surface area (Å²) in [5.74, 6) is -2.03. The summed E-state index contributed by atoms with van der Waals surface area (Å²) in [6.07, 6.45) is -0.291. The number of nitrogens with one attached hydrogen (secondary N) is 2. The lowest BCUT2D eigenvalue weighted by Gasteiger charge is -2.09. The number of carbonyl (C=O) groups is 3. The molecule has 3 aromatic carbocycles. The molecular weight excluding hydrogens is 448 g/mol. The molecule has 0 saturated carbocycles. The van der Waals surface area contributed by atoms with Crippen molar-refractivity contribution in [3.05, 3.63) is 72.3 Å². The van der Waals surface area contributed by atoms with E-state index in [4.69, 9.17) is 9.47 Å². The number of hydrogen-bond donors (Lipinski definition) is 2. The molecule has 0 aliphatic rings. The number of methoxy groups -OCH3 is 1. The zero-order valence-corrected chi connectivity index (χ0v) is 18.6. The molecule has 3 rings (SSSR count). The molecule has 0 heterocycles. The van der Waals surface area contributed by atoms with Gasteiger partial charge in [-0.05, 0) is 35.0 Å². The standard InChI is InChI=1S/C23H22N2O7S/c1-31-20-9-5-4-8-19(20)23(28)25-21(26)15-32-22(27)12-13-24-33(29,30)18-11-10-16-6-2-3-7-17(16)14-18/h2-11,14,24H,12-13,15H2,1H3,(H,25,26,28). The van der Waals surface area contributed by atoms with Gasteiger partial charge in [0.1, 0.15) is 5.75 Å². The summed E-state index contributed by atoms with van der Waals surface area (Å²) in [5.41, 5.74) is 0.155. The molecule has 3 aromatic rings. The highest BCUT2D eigenvalue weighted by molar-refractivity contribution is 7.89. The Morgan fingerprint density at radius 3 is 2.36 bits per heavy atom. The molecule has 0 fully saturated rings. The van der Waals surface area contributed by atoms with Gasteiger partial charge in [-0.15, -0.1) is 0 Å². The van der Waals surface area contributed by atoms with Crippen LogP contribution in [0.1, 0.15) is 16.8 Å². The highest BCUT2D eigenvalue weighted by atomic mass is 32.2. The Kier molecular flexibility index (Phi) is 7.75. The van der Waals surface area contributed by atoms with E-state index in [1.807, 2.05) is 18.2 Å². The van der Waals surface area contributed by atoms with Gasteiger partial charge in [0.05, 0.1) is 24.0 Å². The van der Waals surface area contributed by atoms with Crippen molar-refractivity contribution >= 4 is 38.6 Å². The molecule has 0 spiro atoms. The van der Waals surface area contributed by atoms with Crippen LogP contribution in [-0.4, -0.2) is 46.5 Å². The molecule has 9 nitrogen and oxygen atoms in total. The minimum absolute atomic E-state index is 0.0730. The summed E-state index contributed by atoms with van der Waals surface area (Å²) in [6.45, 7) is -0.896. The van der Waals surface area contributed by atoms with Crippen molar-refractivity contribution < 1.29 is 32.3 Å². The molecule has 10 heteroatoms. The average Bonchev–Trinajstić information content (AvgIpc) is 2.82. The van der Waals surface area contributed by atoms with Crippen LogP contribution in [0.5, 0.6) is 5.75 Å². The molecule has 0 aliphatic carbocycles. The number of ether oxygens (including phenoxy) is 2. The first-order valence-electron chi connectivity index (χ1n) is 9.91. The number of hydrogen-bond acceptors (Lipinski definition) is 7. The van der Waals surface area contributed by atoms with Crippen LogP contribution >= 0.6 is 0 Å². The van der Waals surface area contributed by atoms with E-state index in [-0.39, 0.29) is 23.4 Å². The highest BCUT2D eigenvalue weighted by Crippen LogP contribution is 2.19. The maximum absolute atomic E-state index is 12.5. The van der Waals surface area contributed by atoms with E-state index in [1.54, 1.807) is 36.4 Å². The second kappa shape index (κ2) is 10.7. The lowest BCUT2D eigenvalue weighted by Crippen LogP contribution is -2.34. The van der Waals surface area contributed by atoms with Crippen molar-refractivity contribution in [2.75, 3.05) is 20.3 Å². The molecule has 0 atom stereocenters. The first-order valence-corrected chi connectivity index (χ1v) is 11.4. The lowest BCUT2D eigenvalue weighted by atomic mass is 10.1. The normalized spacial score (nSPS) is 11.1. The van der Waals surface area contributed by atoms with Crippen molar-refractivity contribution in [3.8, 4) is 5.75 Å². The Balaban J connectivity index is 1.45. The molecular formula is C23H22N2O7S. The number of carbonyl (C=O) groups excluding carboxylic acids is 3. The van der Waals surface area contributed by atoms with Crippen LogP contribution in [0.2, 0.25) is 0 Å². The van der Waals surface area contributed by atoms with Gasteiger partial charge in [0, 0.05) is 6.54 Å². The second-order valence-electron chi connectivity index (χ2n) is 6.89. The molecule has 0 radical (unpaired) electrons. The number of para-hydroxylation sites is 1. The van der Waals surface area contributed by atoms with Gasteiger partial charge >= 0.3 is 5.97 Å². The predicted molar refractivity (Wildman–Crippen MR) is 120 cm³/mol. The van der Waals surface area contributed by atoms with Crippen LogP contribution in [0, 0.1) is 0 Å². The molecule has 0 aromatic heterocycles. The number of imide groups is 1. The molecule has 0 aliphatic heterocycles. The molecule has 172 valence electrons. The van der Waals surface area contributed by atoms with Crippen molar-refractivity contribution in [1.82, 2.24) is 10.0 Å². The van der Waals surface area contributed by atoms with E-state index in [0.29, 0.717) is 5.75 Å². The van der Waals surface area contributed by atoms with E-state index < -0.39 is 34.4 Å². The zero-order chi connectivity index (χ0) is 23.8. The number of benzene rings is 3. The summed E-state index contributed by atoms with van der Waals surface area (Å²) in [5, 5.41) is 3.77. The van der Waals surface area contributed by atoms with Gasteiger partial charge in [-0.3, -0.25) is 19.7 Å². The van der Waals surface area contributed by atoms with Crippen LogP contribution in [0.3, 0.4) is 0 Å². The maximum Gasteiger partial charge on any atom is 0.307 e. The Morgan fingerprint density at radius 2 is 1.61 bits per heavy atom. The van der Waals surface area contributed by atoms with E-state index in [0.717, 1.165) is 10.8 Å². The van der Waals surface area contributed by atoms with Gasteiger partial charge in [0.2, 0.25) is 10.0 Å². The third-order valence-corrected chi connectivity index (χ3v) is 6.08. The van der Waals surface area contributed by atoms with E-state index in [9.17, 15) is 22.8 Å². The van der Waals surface area contributed by atoms with Crippen LogP contribution in [0.4, 0.5) is 0 Å². The topological polar surface area (TPSA) is 128 Å². The zero-order valence-electron chi connectivity index (χ0n) is 17.7. The molecule has 2 amide bonds. The SMILES string of the molecule is COc1ccccc1C(=O)NC(=O)COC(=O)CCNS(=O)(=O)c1ccc2ccccc2c1.